The van der Waals surface area contributed by atoms with Crippen molar-refractivity contribution in [3.05, 3.63) is 35.4 Å². The molecule has 0 bridgehead atoms. The van der Waals surface area contributed by atoms with Crippen molar-refractivity contribution in [2.45, 2.75) is 38.1 Å². The Kier molecular flexibility index (Phi) is 5.40. The number of halogens is 1. The standard InChI is InChI=1S/C22H24ClN5O4/c1-3-24-20(29)25-13-6-4-12(5-7-13)18-14(23)10-15-19(27-18)28-21(26-15)32-17-11-30-16-8-9-31-22(16,17)2/h4-7,10,16-17H,3,8-9,11H2,1-2H3,(H2,24,25,29)(H,26,27,28). The Morgan fingerprint density at radius 1 is 1.34 bits per heavy atom. The zero-order chi connectivity index (χ0) is 22.3. The van der Waals surface area contributed by atoms with Crippen LogP contribution < -0.4 is 15.4 Å². The van der Waals surface area contributed by atoms with E-state index in [-0.39, 0.29) is 18.2 Å². The Hall–Kier alpha value is -2.88. The molecular weight excluding hydrogens is 434 g/mol. The van der Waals surface area contributed by atoms with Gasteiger partial charge in [-0.05, 0) is 38.5 Å². The van der Waals surface area contributed by atoms with Crippen LogP contribution in [0.25, 0.3) is 22.4 Å². The van der Waals surface area contributed by atoms with Crippen LogP contribution in [0.1, 0.15) is 20.3 Å². The van der Waals surface area contributed by atoms with E-state index in [4.69, 9.17) is 25.8 Å². The Balaban J connectivity index is 1.36. The summed E-state index contributed by atoms with van der Waals surface area (Å²) in [5.41, 5.74) is 2.78. The molecule has 2 saturated heterocycles. The van der Waals surface area contributed by atoms with E-state index in [1.807, 2.05) is 26.0 Å². The number of imidazole rings is 1. The van der Waals surface area contributed by atoms with E-state index in [0.717, 1.165) is 12.0 Å². The van der Waals surface area contributed by atoms with Gasteiger partial charge in [0.1, 0.15) is 5.60 Å². The molecule has 2 aliphatic heterocycles. The lowest BCUT2D eigenvalue weighted by molar-refractivity contribution is -0.0551. The first-order valence-corrected chi connectivity index (χ1v) is 11.0. The number of nitrogens with zero attached hydrogens (tertiary/aromatic N) is 2. The molecule has 2 amide bonds. The average molecular weight is 458 g/mol. The van der Waals surface area contributed by atoms with Crippen molar-refractivity contribution in [3.8, 4) is 17.3 Å². The van der Waals surface area contributed by atoms with Crippen molar-refractivity contribution in [3.63, 3.8) is 0 Å². The number of nitrogens with one attached hydrogen (secondary N) is 3. The average Bonchev–Trinajstić information content (AvgIpc) is 3.41. The van der Waals surface area contributed by atoms with Crippen molar-refractivity contribution in [2.24, 2.45) is 0 Å². The Bertz CT molecular complexity index is 1150. The van der Waals surface area contributed by atoms with Crippen LogP contribution in [-0.4, -0.2) is 58.6 Å². The number of fused-ring (bicyclic) bond motifs is 2. The highest BCUT2D eigenvalue weighted by molar-refractivity contribution is 6.33. The summed E-state index contributed by atoms with van der Waals surface area (Å²) in [5, 5.41) is 5.93. The summed E-state index contributed by atoms with van der Waals surface area (Å²) in [5.74, 6) is 0. The minimum Gasteiger partial charge on any atom is -0.456 e. The molecule has 1 aromatic carbocycles. The van der Waals surface area contributed by atoms with Crippen LogP contribution in [0.3, 0.4) is 0 Å². The highest BCUT2D eigenvalue weighted by Crippen LogP contribution is 2.39. The molecule has 0 saturated carbocycles. The normalized spacial score (nSPS) is 24.5. The van der Waals surface area contributed by atoms with Gasteiger partial charge in [-0.1, -0.05) is 23.7 Å². The Morgan fingerprint density at radius 3 is 2.94 bits per heavy atom. The molecule has 0 aliphatic carbocycles. The summed E-state index contributed by atoms with van der Waals surface area (Å²) < 4.78 is 17.8. The van der Waals surface area contributed by atoms with Gasteiger partial charge in [0.15, 0.2) is 11.8 Å². The van der Waals surface area contributed by atoms with Gasteiger partial charge in [0, 0.05) is 17.8 Å². The molecule has 9 nitrogen and oxygen atoms in total. The smallest absolute Gasteiger partial charge is 0.319 e. The van der Waals surface area contributed by atoms with Crippen LogP contribution in [0.15, 0.2) is 30.3 Å². The Labute approximate surface area is 189 Å². The van der Waals surface area contributed by atoms with Gasteiger partial charge in [-0.25, -0.2) is 9.78 Å². The Morgan fingerprint density at radius 2 is 2.16 bits per heavy atom. The maximum absolute atomic E-state index is 11.7. The predicted molar refractivity (Wildman–Crippen MR) is 120 cm³/mol. The van der Waals surface area contributed by atoms with E-state index in [1.54, 1.807) is 18.2 Å². The number of aromatic nitrogens is 3. The number of urea groups is 1. The van der Waals surface area contributed by atoms with Crippen molar-refractivity contribution < 1.29 is 19.0 Å². The van der Waals surface area contributed by atoms with Gasteiger partial charge < -0.3 is 29.8 Å². The van der Waals surface area contributed by atoms with E-state index >= 15 is 0 Å². The van der Waals surface area contributed by atoms with Crippen LogP contribution in [0.4, 0.5) is 10.5 Å². The predicted octanol–water partition coefficient (Wildman–Crippen LogP) is 3.74. The van der Waals surface area contributed by atoms with E-state index in [1.165, 1.54) is 0 Å². The van der Waals surface area contributed by atoms with Crippen molar-refractivity contribution in [2.75, 3.05) is 25.1 Å². The van der Waals surface area contributed by atoms with Crippen LogP contribution in [-0.2, 0) is 9.47 Å². The summed E-state index contributed by atoms with van der Waals surface area (Å²) in [6, 6.07) is 9.17. The molecular formula is C22H24ClN5O4. The third-order valence-electron chi connectivity index (χ3n) is 5.93. The van der Waals surface area contributed by atoms with Crippen molar-refractivity contribution in [1.29, 1.82) is 0 Å². The molecule has 3 aromatic rings. The summed E-state index contributed by atoms with van der Waals surface area (Å²) in [7, 11) is 0. The number of carbonyl (C=O) groups excluding carboxylic acids is 1. The van der Waals surface area contributed by atoms with E-state index < -0.39 is 5.60 Å². The summed E-state index contributed by atoms with van der Waals surface area (Å²) in [6.45, 7) is 5.55. The topological polar surface area (TPSA) is 110 Å². The van der Waals surface area contributed by atoms with Crippen LogP contribution in [0, 0.1) is 0 Å². The molecule has 0 spiro atoms. The van der Waals surface area contributed by atoms with Crippen molar-refractivity contribution >= 4 is 34.5 Å². The van der Waals surface area contributed by atoms with Crippen LogP contribution in [0.2, 0.25) is 5.02 Å². The fraction of sp³-hybridized carbons (Fsp3) is 0.409. The molecule has 2 fully saturated rings. The fourth-order valence-electron chi connectivity index (χ4n) is 4.17. The van der Waals surface area contributed by atoms with Gasteiger partial charge >= 0.3 is 6.03 Å². The number of rotatable bonds is 5. The molecule has 3 atom stereocenters. The number of anilines is 1. The van der Waals surface area contributed by atoms with Gasteiger partial charge in [-0.2, -0.15) is 4.98 Å². The number of amides is 2. The first-order chi connectivity index (χ1) is 15.5. The first kappa shape index (κ1) is 21.0. The quantitative estimate of drug-likeness (QED) is 0.538. The second-order valence-corrected chi connectivity index (χ2v) is 8.45. The van der Waals surface area contributed by atoms with Gasteiger partial charge in [0.05, 0.1) is 35.6 Å². The third kappa shape index (κ3) is 3.76. The summed E-state index contributed by atoms with van der Waals surface area (Å²) >= 11 is 6.51. The van der Waals surface area contributed by atoms with Crippen molar-refractivity contribution in [1.82, 2.24) is 20.3 Å². The lowest BCUT2D eigenvalue weighted by Crippen LogP contribution is -2.45. The monoisotopic (exact) mass is 457 g/mol. The highest BCUT2D eigenvalue weighted by Gasteiger charge is 2.54. The minimum atomic E-state index is -0.473. The molecule has 3 N–H and O–H groups in total. The van der Waals surface area contributed by atoms with Crippen LogP contribution >= 0.6 is 11.6 Å². The molecule has 168 valence electrons. The first-order valence-electron chi connectivity index (χ1n) is 10.6. The molecule has 3 unspecified atom stereocenters. The van der Waals surface area contributed by atoms with Gasteiger partial charge in [-0.3, -0.25) is 0 Å². The number of benzene rings is 1. The van der Waals surface area contributed by atoms with Gasteiger partial charge in [-0.15, -0.1) is 0 Å². The second kappa shape index (κ2) is 8.23. The number of ether oxygens (including phenoxy) is 3. The van der Waals surface area contributed by atoms with E-state index in [9.17, 15) is 4.79 Å². The summed E-state index contributed by atoms with van der Waals surface area (Å²) in [4.78, 5) is 23.9. The number of pyridine rings is 1. The van der Waals surface area contributed by atoms with E-state index in [2.05, 4.69) is 25.6 Å². The second-order valence-electron chi connectivity index (χ2n) is 8.04. The molecule has 5 rings (SSSR count). The lowest BCUT2D eigenvalue weighted by Gasteiger charge is -2.27. The van der Waals surface area contributed by atoms with Gasteiger partial charge in [0.2, 0.25) is 0 Å². The lowest BCUT2D eigenvalue weighted by atomic mass is 9.96. The third-order valence-corrected chi connectivity index (χ3v) is 6.22. The molecule has 0 radical (unpaired) electrons. The molecule has 32 heavy (non-hydrogen) atoms. The number of H-pyrrole nitrogens is 1. The maximum atomic E-state index is 11.7. The minimum absolute atomic E-state index is 0.0431. The van der Waals surface area contributed by atoms with Crippen LogP contribution in [0.5, 0.6) is 6.01 Å². The number of carbonyl (C=O) groups is 1. The molecule has 10 heteroatoms. The molecule has 4 heterocycles. The number of aromatic amines is 1. The fourth-order valence-corrected chi connectivity index (χ4v) is 4.43. The number of hydrogen-bond acceptors (Lipinski definition) is 6. The zero-order valence-corrected chi connectivity index (χ0v) is 18.5. The largest absolute Gasteiger partial charge is 0.456 e. The van der Waals surface area contributed by atoms with E-state index in [0.29, 0.717) is 53.3 Å². The number of hydrogen-bond donors (Lipinski definition) is 3. The molecule has 2 aliphatic rings. The molecule has 2 aromatic heterocycles. The maximum Gasteiger partial charge on any atom is 0.319 e. The zero-order valence-electron chi connectivity index (χ0n) is 17.8. The SMILES string of the molecule is CCNC(=O)Nc1ccc(-c2nc3nc(OC4COC5CCOC54C)[nH]c3cc2Cl)cc1. The highest BCUT2D eigenvalue weighted by atomic mass is 35.5. The summed E-state index contributed by atoms with van der Waals surface area (Å²) in [6.07, 6.45) is 0.659. The van der Waals surface area contributed by atoms with Gasteiger partial charge in [0.25, 0.3) is 6.01 Å².